The molecule has 1 amide bonds. The van der Waals surface area contributed by atoms with Crippen LogP contribution in [0, 0.1) is 5.41 Å². The number of aliphatic hydroxyl groups is 1. The third-order valence-electron chi connectivity index (χ3n) is 4.73. The molecule has 0 heterocycles. The van der Waals surface area contributed by atoms with Gasteiger partial charge in [0, 0.05) is 19.4 Å². The highest BCUT2D eigenvalue weighted by atomic mass is 35.5. The number of nitrogens with two attached hydrogens (primary N) is 1. The molecule has 1 aromatic rings. The fourth-order valence-electron chi connectivity index (χ4n) is 3.35. The molecule has 1 unspecified atom stereocenters. The quantitative estimate of drug-likeness (QED) is 0.713. The smallest absolute Gasteiger partial charge is 0.220 e. The zero-order valence-electron chi connectivity index (χ0n) is 13.7. The molecule has 0 radical (unpaired) electrons. The van der Waals surface area contributed by atoms with Crippen LogP contribution in [0.25, 0.3) is 0 Å². The van der Waals surface area contributed by atoms with Gasteiger partial charge in [0.05, 0.1) is 6.10 Å². The summed E-state index contributed by atoms with van der Waals surface area (Å²) in [5.41, 5.74) is 6.97. The average molecular weight is 341 g/mol. The standard InChI is InChI=1S/C18H28N2O2.ClH/c19-14-18(9-5-2-6-10-18)12-17(22)20-13-16(21)11-15-7-3-1-4-8-15;/h1,3-4,7-8,16,21H,2,5-6,9-14,19H2,(H,20,22);1H. The third kappa shape index (κ3) is 6.50. The van der Waals surface area contributed by atoms with Crippen LogP contribution in [0.5, 0.6) is 0 Å². The van der Waals surface area contributed by atoms with Crippen LogP contribution in [-0.2, 0) is 11.2 Å². The molecule has 23 heavy (non-hydrogen) atoms. The van der Waals surface area contributed by atoms with E-state index < -0.39 is 6.10 Å². The van der Waals surface area contributed by atoms with Gasteiger partial charge in [-0.1, -0.05) is 49.6 Å². The predicted molar refractivity (Wildman–Crippen MR) is 95.6 cm³/mol. The van der Waals surface area contributed by atoms with Gasteiger partial charge in [-0.15, -0.1) is 12.4 Å². The molecule has 4 N–H and O–H groups in total. The van der Waals surface area contributed by atoms with Crippen molar-refractivity contribution in [1.29, 1.82) is 0 Å². The lowest BCUT2D eigenvalue weighted by Crippen LogP contribution is -2.40. The van der Waals surface area contributed by atoms with Gasteiger partial charge in [-0.3, -0.25) is 4.79 Å². The van der Waals surface area contributed by atoms with Crippen molar-refractivity contribution < 1.29 is 9.90 Å². The number of hydrogen-bond acceptors (Lipinski definition) is 3. The summed E-state index contributed by atoms with van der Waals surface area (Å²) >= 11 is 0. The Balaban J connectivity index is 0.00000264. The van der Waals surface area contributed by atoms with Gasteiger partial charge in [-0.05, 0) is 30.4 Å². The van der Waals surface area contributed by atoms with Crippen molar-refractivity contribution in [3.63, 3.8) is 0 Å². The van der Waals surface area contributed by atoms with Gasteiger partial charge in [-0.2, -0.15) is 0 Å². The van der Waals surface area contributed by atoms with Gasteiger partial charge in [-0.25, -0.2) is 0 Å². The second-order valence-electron chi connectivity index (χ2n) is 6.59. The zero-order chi connectivity index (χ0) is 15.8. The lowest BCUT2D eigenvalue weighted by atomic mass is 9.71. The van der Waals surface area contributed by atoms with Crippen molar-refractivity contribution >= 4 is 18.3 Å². The number of aliphatic hydroxyl groups excluding tert-OH is 1. The van der Waals surface area contributed by atoms with Gasteiger partial charge in [0.1, 0.15) is 0 Å². The summed E-state index contributed by atoms with van der Waals surface area (Å²) in [4.78, 5) is 12.2. The van der Waals surface area contributed by atoms with E-state index in [-0.39, 0.29) is 23.7 Å². The number of amides is 1. The molecule has 1 aliphatic carbocycles. The Bertz CT molecular complexity index is 461. The van der Waals surface area contributed by atoms with Crippen molar-refractivity contribution in [2.75, 3.05) is 13.1 Å². The fourth-order valence-corrected chi connectivity index (χ4v) is 3.35. The zero-order valence-corrected chi connectivity index (χ0v) is 14.5. The van der Waals surface area contributed by atoms with E-state index in [1.807, 2.05) is 30.3 Å². The first kappa shape index (κ1) is 19.9. The van der Waals surface area contributed by atoms with Crippen LogP contribution < -0.4 is 11.1 Å². The Hall–Kier alpha value is -1.10. The first-order valence-electron chi connectivity index (χ1n) is 8.32. The molecular formula is C18H29ClN2O2. The Morgan fingerprint density at radius 1 is 1.22 bits per heavy atom. The van der Waals surface area contributed by atoms with Gasteiger partial charge in [0.25, 0.3) is 0 Å². The maximum Gasteiger partial charge on any atom is 0.220 e. The van der Waals surface area contributed by atoms with Gasteiger partial charge in [0.2, 0.25) is 5.91 Å². The van der Waals surface area contributed by atoms with E-state index >= 15 is 0 Å². The van der Waals surface area contributed by atoms with Crippen LogP contribution in [0.1, 0.15) is 44.1 Å². The van der Waals surface area contributed by atoms with E-state index in [1.54, 1.807) is 0 Å². The largest absolute Gasteiger partial charge is 0.391 e. The number of carbonyl (C=O) groups excluding carboxylic acids is 1. The molecule has 2 rings (SSSR count). The van der Waals surface area contributed by atoms with E-state index in [0.29, 0.717) is 25.9 Å². The molecule has 0 aromatic heterocycles. The Morgan fingerprint density at radius 2 is 1.87 bits per heavy atom. The molecule has 1 atom stereocenters. The van der Waals surface area contributed by atoms with E-state index in [4.69, 9.17) is 5.73 Å². The first-order valence-corrected chi connectivity index (χ1v) is 8.32. The van der Waals surface area contributed by atoms with Crippen LogP contribution in [0.15, 0.2) is 30.3 Å². The van der Waals surface area contributed by atoms with Crippen molar-refractivity contribution in [3.05, 3.63) is 35.9 Å². The molecule has 0 spiro atoms. The van der Waals surface area contributed by atoms with Crippen molar-refractivity contribution in [2.45, 2.75) is 51.0 Å². The molecule has 1 fully saturated rings. The summed E-state index contributed by atoms with van der Waals surface area (Å²) in [6.45, 7) is 0.876. The van der Waals surface area contributed by atoms with Crippen LogP contribution in [0.2, 0.25) is 0 Å². The Labute approximate surface area is 145 Å². The van der Waals surface area contributed by atoms with E-state index in [1.165, 1.54) is 19.3 Å². The molecule has 0 saturated heterocycles. The number of carbonyl (C=O) groups is 1. The summed E-state index contributed by atoms with van der Waals surface area (Å²) < 4.78 is 0. The molecule has 1 saturated carbocycles. The molecule has 0 bridgehead atoms. The van der Waals surface area contributed by atoms with E-state index in [0.717, 1.165) is 18.4 Å². The second-order valence-corrected chi connectivity index (χ2v) is 6.59. The number of rotatable bonds is 7. The lowest BCUT2D eigenvalue weighted by Gasteiger charge is -2.35. The number of hydrogen-bond donors (Lipinski definition) is 3. The third-order valence-corrected chi connectivity index (χ3v) is 4.73. The molecular weight excluding hydrogens is 312 g/mol. The second kappa shape index (κ2) is 9.91. The Morgan fingerprint density at radius 3 is 2.48 bits per heavy atom. The lowest BCUT2D eigenvalue weighted by molar-refractivity contribution is -0.124. The first-order chi connectivity index (χ1) is 10.6. The highest BCUT2D eigenvalue weighted by Gasteiger charge is 2.32. The van der Waals surface area contributed by atoms with E-state index in [2.05, 4.69) is 5.32 Å². The minimum absolute atomic E-state index is 0. The fraction of sp³-hybridized carbons (Fsp3) is 0.611. The molecule has 5 heteroatoms. The topological polar surface area (TPSA) is 75.4 Å². The van der Waals surface area contributed by atoms with Crippen LogP contribution in [-0.4, -0.2) is 30.2 Å². The van der Waals surface area contributed by atoms with Gasteiger partial charge < -0.3 is 16.2 Å². The van der Waals surface area contributed by atoms with Crippen molar-refractivity contribution in [1.82, 2.24) is 5.32 Å². The summed E-state index contributed by atoms with van der Waals surface area (Å²) in [5, 5.41) is 12.9. The summed E-state index contributed by atoms with van der Waals surface area (Å²) in [7, 11) is 0. The highest BCUT2D eigenvalue weighted by Crippen LogP contribution is 2.38. The van der Waals surface area contributed by atoms with Gasteiger partial charge in [0.15, 0.2) is 0 Å². The summed E-state index contributed by atoms with van der Waals surface area (Å²) in [6, 6.07) is 9.82. The SMILES string of the molecule is Cl.NCC1(CC(=O)NCC(O)Cc2ccccc2)CCCCC1. The Kier molecular flexibility index (Phi) is 8.59. The van der Waals surface area contributed by atoms with Crippen LogP contribution in [0.4, 0.5) is 0 Å². The highest BCUT2D eigenvalue weighted by molar-refractivity contribution is 5.85. The predicted octanol–water partition coefficient (Wildman–Crippen LogP) is 2.43. The molecule has 130 valence electrons. The number of halogens is 1. The number of nitrogens with one attached hydrogen (secondary N) is 1. The van der Waals surface area contributed by atoms with Crippen LogP contribution >= 0.6 is 12.4 Å². The maximum absolute atomic E-state index is 12.2. The molecule has 1 aromatic carbocycles. The van der Waals surface area contributed by atoms with E-state index in [9.17, 15) is 9.90 Å². The number of benzene rings is 1. The molecule has 4 nitrogen and oxygen atoms in total. The normalized spacial score (nSPS) is 17.8. The average Bonchev–Trinajstić information content (AvgIpc) is 2.55. The molecule has 1 aliphatic rings. The minimum Gasteiger partial charge on any atom is -0.391 e. The molecule has 0 aliphatic heterocycles. The van der Waals surface area contributed by atoms with Crippen molar-refractivity contribution in [2.24, 2.45) is 11.1 Å². The maximum atomic E-state index is 12.2. The summed E-state index contributed by atoms with van der Waals surface area (Å²) in [5.74, 6) is 0.0134. The summed E-state index contributed by atoms with van der Waals surface area (Å²) in [6.07, 6.45) is 6.17. The van der Waals surface area contributed by atoms with Gasteiger partial charge >= 0.3 is 0 Å². The minimum atomic E-state index is -0.550. The van der Waals surface area contributed by atoms with Crippen molar-refractivity contribution in [3.8, 4) is 0 Å². The van der Waals surface area contributed by atoms with Crippen LogP contribution in [0.3, 0.4) is 0 Å². The monoisotopic (exact) mass is 340 g/mol.